The Kier molecular flexibility index (Phi) is 6.29. The molecule has 0 saturated heterocycles. The first kappa shape index (κ1) is 20.6. The minimum atomic E-state index is -0.358. The van der Waals surface area contributed by atoms with Crippen molar-refractivity contribution in [2.24, 2.45) is 7.05 Å². The standard InChI is InChI=1S/C24H22ClN5O/c1-30-22(15-19(16-23(30)31)18-10-6-3-7-11-18)28-21-12-13-26-24(29-21)27-20(25)14-17-8-4-2-5-9-17/h2-13,15-16,20H,14H2,1H3,(H2,26,27,28,29). The van der Waals surface area contributed by atoms with Gasteiger partial charge in [0.15, 0.2) is 0 Å². The number of rotatable bonds is 7. The third kappa shape index (κ3) is 5.29. The van der Waals surface area contributed by atoms with Crippen molar-refractivity contribution in [2.45, 2.75) is 11.9 Å². The van der Waals surface area contributed by atoms with Gasteiger partial charge in [-0.3, -0.25) is 9.36 Å². The zero-order chi connectivity index (χ0) is 21.6. The molecule has 0 aliphatic rings. The quantitative estimate of drug-likeness (QED) is 0.324. The van der Waals surface area contributed by atoms with Gasteiger partial charge in [0.25, 0.3) is 5.56 Å². The van der Waals surface area contributed by atoms with E-state index in [1.165, 1.54) is 0 Å². The molecule has 1 atom stereocenters. The second-order valence-corrected chi connectivity index (χ2v) is 7.61. The number of halogens is 1. The van der Waals surface area contributed by atoms with E-state index in [0.29, 0.717) is 24.0 Å². The van der Waals surface area contributed by atoms with Crippen molar-refractivity contribution in [3.05, 3.63) is 101 Å². The van der Waals surface area contributed by atoms with E-state index in [4.69, 9.17) is 11.6 Å². The molecule has 4 rings (SSSR count). The lowest BCUT2D eigenvalue weighted by molar-refractivity contribution is 0.869. The number of hydrogen-bond donors (Lipinski definition) is 2. The summed E-state index contributed by atoms with van der Waals surface area (Å²) in [5.41, 5.74) is 2.46. The fourth-order valence-electron chi connectivity index (χ4n) is 3.19. The van der Waals surface area contributed by atoms with Crippen LogP contribution in [0.4, 0.5) is 17.6 Å². The number of alkyl halides is 1. The van der Waals surface area contributed by atoms with E-state index in [9.17, 15) is 4.79 Å². The van der Waals surface area contributed by atoms with Crippen molar-refractivity contribution in [1.29, 1.82) is 0 Å². The molecule has 0 saturated carbocycles. The average molecular weight is 432 g/mol. The van der Waals surface area contributed by atoms with Crippen LogP contribution in [-0.4, -0.2) is 20.0 Å². The number of hydrogen-bond acceptors (Lipinski definition) is 5. The Hall–Kier alpha value is -3.64. The predicted octanol–water partition coefficient (Wildman–Crippen LogP) is 4.81. The number of nitrogens with zero attached hydrogens (tertiary/aromatic N) is 3. The van der Waals surface area contributed by atoms with Crippen LogP contribution < -0.4 is 16.2 Å². The predicted molar refractivity (Wildman–Crippen MR) is 126 cm³/mol. The van der Waals surface area contributed by atoms with Gasteiger partial charge in [-0.05, 0) is 28.8 Å². The Morgan fingerprint density at radius 3 is 2.42 bits per heavy atom. The smallest absolute Gasteiger partial charge is 0.252 e. The van der Waals surface area contributed by atoms with Crippen molar-refractivity contribution in [3.8, 4) is 11.1 Å². The molecule has 4 aromatic rings. The molecule has 2 aromatic heterocycles. The number of anilines is 3. The van der Waals surface area contributed by atoms with Crippen LogP contribution in [0.1, 0.15) is 5.56 Å². The lowest BCUT2D eigenvalue weighted by Crippen LogP contribution is -2.19. The molecular weight excluding hydrogens is 410 g/mol. The van der Waals surface area contributed by atoms with Crippen molar-refractivity contribution in [3.63, 3.8) is 0 Å². The Balaban J connectivity index is 1.52. The maximum absolute atomic E-state index is 12.5. The molecule has 0 fully saturated rings. The molecule has 0 radical (unpaired) electrons. The van der Waals surface area contributed by atoms with Gasteiger partial charge in [-0.2, -0.15) is 4.98 Å². The van der Waals surface area contributed by atoms with E-state index in [0.717, 1.165) is 16.7 Å². The van der Waals surface area contributed by atoms with Gasteiger partial charge in [0.05, 0.1) is 0 Å². The van der Waals surface area contributed by atoms with E-state index >= 15 is 0 Å². The fraction of sp³-hybridized carbons (Fsp3) is 0.125. The van der Waals surface area contributed by atoms with E-state index in [1.54, 1.807) is 29.9 Å². The summed E-state index contributed by atoms with van der Waals surface area (Å²) in [5.74, 6) is 1.59. The molecule has 0 amide bonds. The highest BCUT2D eigenvalue weighted by molar-refractivity contribution is 6.21. The van der Waals surface area contributed by atoms with Crippen LogP contribution in [0.3, 0.4) is 0 Å². The molecule has 31 heavy (non-hydrogen) atoms. The van der Waals surface area contributed by atoms with Gasteiger partial charge in [-0.1, -0.05) is 72.3 Å². The van der Waals surface area contributed by atoms with Gasteiger partial charge in [0, 0.05) is 25.7 Å². The zero-order valence-corrected chi connectivity index (χ0v) is 17.8. The summed E-state index contributed by atoms with van der Waals surface area (Å²) in [6, 6.07) is 25.0. The van der Waals surface area contributed by atoms with Gasteiger partial charge >= 0.3 is 0 Å². The molecule has 0 spiro atoms. The van der Waals surface area contributed by atoms with Gasteiger partial charge in [0.1, 0.15) is 17.1 Å². The number of pyridine rings is 1. The molecule has 7 heteroatoms. The van der Waals surface area contributed by atoms with Gasteiger partial charge in [-0.25, -0.2) is 4.98 Å². The van der Waals surface area contributed by atoms with E-state index < -0.39 is 0 Å². The summed E-state index contributed by atoms with van der Waals surface area (Å²) in [6.07, 6.45) is 2.28. The summed E-state index contributed by atoms with van der Waals surface area (Å²) in [6.45, 7) is 0. The molecule has 0 aliphatic heterocycles. The maximum Gasteiger partial charge on any atom is 0.252 e. The first-order chi connectivity index (χ1) is 15.1. The molecule has 2 N–H and O–H groups in total. The Morgan fingerprint density at radius 2 is 1.68 bits per heavy atom. The lowest BCUT2D eigenvalue weighted by Gasteiger charge is -2.15. The third-order valence-corrected chi connectivity index (χ3v) is 5.09. The number of nitrogens with one attached hydrogen (secondary N) is 2. The first-order valence-corrected chi connectivity index (χ1v) is 10.3. The highest BCUT2D eigenvalue weighted by Crippen LogP contribution is 2.22. The Labute approximate surface area is 185 Å². The van der Waals surface area contributed by atoms with Crippen LogP contribution >= 0.6 is 11.6 Å². The molecule has 0 bridgehead atoms. The summed E-state index contributed by atoms with van der Waals surface area (Å²) < 4.78 is 1.54. The van der Waals surface area contributed by atoms with Gasteiger partial charge in [0.2, 0.25) is 5.95 Å². The van der Waals surface area contributed by atoms with Crippen LogP contribution in [0.2, 0.25) is 0 Å². The lowest BCUT2D eigenvalue weighted by atomic mass is 10.1. The van der Waals surface area contributed by atoms with Gasteiger partial charge < -0.3 is 10.6 Å². The van der Waals surface area contributed by atoms with Crippen LogP contribution in [0.5, 0.6) is 0 Å². The second kappa shape index (κ2) is 9.45. The molecule has 1 unspecified atom stereocenters. The van der Waals surface area contributed by atoms with E-state index in [1.807, 2.05) is 66.7 Å². The normalized spacial score (nSPS) is 11.7. The Morgan fingerprint density at radius 1 is 0.968 bits per heavy atom. The topological polar surface area (TPSA) is 71.8 Å². The second-order valence-electron chi connectivity index (χ2n) is 7.08. The van der Waals surface area contributed by atoms with Crippen LogP contribution in [0.15, 0.2) is 89.9 Å². The number of aromatic nitrogens is 3. The summed E-state index contributed by atoms with van der Waals surface area (Å²) in [5, 5.41) is 6.33. The maximum atomic E-state index is 12.5. The fourth-order valence-corrected chi connectivity index (χ4v) is 3.47. The highest BCUT2D eigenvalue weighted by Gasteiger charge is 2.10. The van der Waals surface area contributed by atoms with E-state index in [-0.39, 0.29) is 11.1 Å². The summed E-state index contributed by atoms with van der Waals surface area (Å²) in [4.78, 5) is 21.2. The van der Waals surface area contributed by atoms with Crippen molar-refractivity contribution in [1.82, 2.24) is 14.5 Å². The average Bonchev–Trinajstić information content (AvgIpc) is 2.78. The van der Waals surface area contributed by atoms with Crippen molar-refractivity contribution >= 4 is 29.2 Å². The van der Waals surface area contributed by atoms with Crippen LogP contribution in [-0.2, 0) is 13.5 Å². The molecular formula is C24H22ClN5O. The zero-order valence-electron chi connectivity index (χ0n) is 17.0. The summed E-state index contributed by atoms with van der Waals surface area (Å²) >= 11 is 6.44. The number of benzene rings is 2. The molecule has 6 nitrogen and oxygen atoms in total. The largest absolute Gasteiger partial charge is 0.338 e. The first-order valence-electron chi connectivity index (χ1n) is 9.89. The monoisotopic (exact) mass is 431 g/mol. The SMILES string of the molecule is Cn1c(Nc2ccnc(NC(Cl)Cc3ccccc3)n2)cc(-c2ccccc2)cc1=O. The third-order valence-electron chi connectivity index (χ3n) is 4.83. The molecule has 156 valence electrons. The summed E-state index contributed by atoms with van der Waals surface area (Å²) in [7, 11) is 1.72. The van der Waals surface area contributed by atoms with Crippen LogP contribution in [0, 0.1) is 0 Å². The molecule has 0 aliphatic carbocycles. The van der Waals surface area contributed by atoms with Gasteiger partial charge in [-0.15, -0.1) is 0 Å². The van der Waals surface area contributed by atoms with Crippen molar-refractivity contribution in [2.75, 3.05) is 10.6 Å². The minimum absolute atomic E-state index is 0.111. The molecule has 2 aromatic carbocycles. The van der Waals surface area contributed by atoms with E-state index in [2.05, 4.69) is 20.6 Å². The van der Waals surface area contributed by atoms with Crippen LogP contribution in [0.25, 0.3) is 11.1 Å². The Bertz CT molecular complexity index is 1210. The molecule has 2 heterocycles. The highest BCUT2D eigenvalue weighted by atomic mass is 35.5. The minimum Gasteiger partial charge on any atom is -0.338 e. The van der Waals surface area contributed by atoms with Crippen molar-refractivity contribution < 1.29 is 0 Å².